The van der Waals surface area contributed by atoms with Gasteiger partial charge in [0.15, 0.2) is 0 Å². The van der Waals surface area contributed by atoms with Crippen LogP contribution < -0.4 is 10.1 Å². The molecule has 1 heterocycles. The topological polar surface area (TPSA) is 51.2 Å². The summed E-state index contributed by atoms with van der Waals surface area (Å²) in [4.78, 5) is 18.3. The van der Waals surface area contributed by atoms with Gasteiger partial charge in [-0.25, -0.2) is 4.98 Å². The molecule has 0 spiro atoms. The molecular formula is C22H22N2O2S2. The quantitative estimate of drug-likeness (QED) is 0.562. The van der Waals surface area contributed by atoms with Gasteiger partial charge in [0.05, 0.1) is 10.7 Å². The minimum absolute atomic E-state index is 0.0603. The Balaban J connectivity index is 1.32. The minimum Gasteiger partial charge on any atom is -0.487 e. The van der Waals surface area contributed by atoms with Crippen LogP contribution in [0.5, 0.6) is 5.75 Å². The summed E-state index contributed by atoms with van der Waals surface area (Å²) in [6.45, 7) is 3.06. The number of amides is 1. The molecule has 144 valence electrons. The molecular weight excluding hydrogens is 388 g/mol. The van der Waals surface area contributed by atoms with Crippen molar-refractivity contribution in [2.75, 3.05) is 6.54 Å². The van der Waals surface area contributed by atoms with E-state index in [0.29, 0.717) is 24.5 Å². The third-order valence-corrected chi connectivity index (χ3v) is 6.92. The zero-order valence-electron chi connectivity index (χ0n) is 15.7. The second kappa shape index (κ2) is 8.37. The highest BCUT2D eigenvalue weighted by molar-refractivity contribution is 8.01. The summed E-state index contributed by atoms with van der Waals surface area (Å²) < 4.78 is 5.93. The van der Waals surface area contributed by atoms with Gasteiger partial charge in [0.25, 0.3) is 5.91 Å². The van der Waals surface area contributed by atoms with Gasteiger partial charge < -0.3 is 10.1 Å². The Bertz CT molecular complexity index is 952. The predicted molar refractivity (Wildman–Crippen MR) is 114 cm³/mol. The number of rotatable bonds is 8. The van der Waals surface area contributed by atoms with E-state index < -0.39 is 0 Å². The molecule has 1 amide bonds. The Labute approximate surface area is 173 Å². The van der Waals surface area contributed by atoms with Gasteiger partial charge in [-0.15, -0.1) is 23.1 Å². The molecule has 0 atom stereocenters. The summed E-state index contributed by atoms with van der Waals surface area (Å²) >= 11 is 3.47. The second-order valence-corrected chi connectivity index (χ2v) is 9.56. The Kier molecular flexibility index (Phi) is 5.69. The smallest absolute Gasteiger partial charge is 0.251 e. The molecule has 2 aromatic carbocycles. The number of benzene rings is 2. The summed E-state index contributed by atoms with van der Waals surface area (Å²) in [5.41, 5.74) is 1.53. The molecule has 4 nitrogen and oxygen atoms in total. The lowest BCUT2D eigenvalue weighted by Gasteiger charge is -2.16. The van der Waals surface area contributed by atoms with Crippen molar-refractivity contribution in [3.8, 4) is 5.75 Å². The standard InChI is InChI=1S/C22H22N2O2S2/c1-16-24-18(14-27-16)13-26-19-7-5-6-17(12-19)21(25)23-15-22(10-11-22)28-20-8-3-2-4-9-20/h2-9,12,14H,10-11,13,15H2,1H3,(H,23,25). The highest BCUT2D eigenvalue weighted by atomic mass is 32.2. The number of nitrogens with one attached hydrogen (secondary N) is 1. The molecule has 3 aromatic rings. The first-order valence-electron chi connectivity index (χ1n) is 9.28. The number of hydrogen-bond acceptors (Lipinski definition) is 5. The molecule has 4 rings (SSSR count). The highest BCUT2D eigenvalue weighted by Crippen LogP contribution is 2.51. The van der Waals surface area contributed by atoms with Gasteiger partial charge in [-0.2, -0.15) is 0 Å². The number of ether oxygens (including phenoxy) is 1. The van der Waals surface area contributed by atoms with Crippen molar-refractivity contribution in [3.63, 3.8) is 0 Å². The van der Waals surface area contributed by atoms with Crippen LogP contribution in [0.4, 0.5) is 0 Å². The van der Waals surface area contributed by atoms with E-state index in [9.17, 15) is 4.79 Å². The first-order chi connectivity index (χ1) is 13.6. The van der Waals surface area contributed by atoms with E-state index in [-0.39, 0.29) is 10.7 Å². The molecule has 1 aromatic heterocycles. The van der Waals surface area contributed by atoms with Crippen LogP contribution in [0.1, 0.15) is 33.9 Å². The number of aromatic nitrogens is 1. The highest BCUT2D eigenvalue weighted by Gasteiger charge is 2.43. The van der Waals surface area contributed by atoms with E-state index in [1.807, 2.05) is 48.3 Å². The van der Waals surface area contributed by atoms with Gasteiger partial charge in [0, 0.05) is 27.1 Å². The molecule has 0 radical (unpaired) electrons. The zero-order valence-corrected chi connectivity index (χ0v) is 17.3. The number of hydrogen-bond donors (Lipinski definition) is 1. The Morgan fingerprint density at radius 1 is 1.21 bits per heavy atom. The third-order valence-electron chi connectivity index (χ3n) is 4.61. The SMILES string of the molecule is Cc1nc(COc2cccc(C(=O)NCC3(Sc4ccccc4)CC3)c2)cs1. The predicted octanol–water partition coefficient (Wildman–Crippen LogP) is 5.09. The molecule has 1 fully saturated rings. The molecule has 1 N–H and O–H groups in total. The van der Waals surface area contributed by atoms with E-state index in [4.69, 9.17) is 4.74 Å². The maximum absolute atomic E-state index is 12.6. The fourth-order valence-electron chi connectivity index (χ4n) is 2.90. The van der Waals surface area contributed by atoms with Gasteiger partial charge in [-0.3, -0.25) is 4.79 Å². The first kappa shape index (κ1) is 19.0. The summed E-state index contributed by atoms with van der Waals surface area (Å²) in [6.07, 6.45) is 2.26. The molecule has 0 unspecified atom stereocenters. The lowest BCUT2D eigenvalue weighted by atomic mass is 10.2. The van der Waals surface area contributed by atoms with Crippen molar-refractivity contribution in [2.45, 2.75) is 36.0 Å². The van der Waals surface area contributed by atoms with E-state index >= 15 is 0 Å². The summed E-state index contributed by atoms with van der Waals surface area (Å²) in [6, 6.07) is 17.7. The Hall–Kier alpha value is -2.31. The maximum atomic E-state index is 12.6. The van der Waals surface area contributed by atoms with Gasteiger partial charge >= 0.3 is 0 Å². The number of carbonyl (C=O) groups excluding carboxylic acids is 1. The molecule has 1 aliphatic carbocycles. The number of nitrogens with zero attached hydrogens (tertiary/aromatic N) is 1. The van der Waals surface area contributed by atoms with Crippen molar-refractivity contribution in [2.24, 2.45) is 0 Å². The number of aryl methyl sites for hydroxylation is 1. The van der Waals surface area contributed by atoms with Crippen LogP contribution in [0.3, 0.4) is 0 Å². The van der Waals surface area contributed by atoms with Gasteiger partial charge in [-0.1, -0.05) is 24.3 Å². The molecule has 1 saturated carbocycles. The third kappa shape index (κ3) is 4.94. The van der Waals surface area contributed by atoms with Crippen molar-refractivity contribution in [1.29, 1.82) is 0 Å². The number of thiazole rings is 1. The average molecular weight is 411 g/mol. The maximum Gasteiger partial charge on any atom is 0.251 e. The van der Waals surface area contributed by atoms with Crippen LogP contribution in [-0.2, 0) is 6.61 Å². The van der Waals surface area contributed by atoms with Gasteiger partial charge in [0.2, 0.25) is 0 Å². The summed E-state index contributed by atoms with van der Waals surface area (Å²) in [5.74, 6) is 0.619. The lowest BCUT2D eigenvalue weighted by Crippen LogP contribution is -2.31. The lowest BCUT2D eigenvalue weighted by molar-refractivity contribution is 0.0952. The normalized spacial score (nSPS) is 14.5. The van der Waals surface area contributed by atoms with E-state index in [1.54, 1.807) is 17.4 Å². The molecule has 28 heavy (non-hydrogen) atoms. The second-order valence-electron chi connectivity index (χ2n) is 6.96. The summed E-state index contributed by atoms with van der Waals surface area (Å²) in [5, 5.41) is 6.11. The van der Waals surface area contributed by atoms with Crippen LogP contribution >= 0.6 is 23.1 Å². The van der Waals surface area contributed by atoms with E-state index in [2.05, 4.69) is 34.6 Å². The van der Waals surface area contributed by atoms with Crippen LogP contribution in [0, 0.1) is 6.92 Å². The van der Waals surface area contributed by atoms with E-state index in [0.717, 1.165) is 23.5 Å². The average Bonchev–Trinajstić information content (AvgIpc) is 3.36. The molecule has 0 bridgehead atoms. The Morgan fingerprint density at radius 2 is 2.04 bits per heavy atom. The summed E-state index contributed by atoms with van der Waals surface area (Å²) in [7, 11) is 0. The van der Waals surface area contributed by atoms with Crippen LogP contribution in [0.2, 0.25) is 0 Å². The minimum atomic E-state index is -0.0603. The van der Waals surface area contributed by atoms with Crippen molar-refractivity contribution in [1.82, 2.24) is 10.3 Å². The van der Waals surface area contributed by atoms with Crippen molar-refractivity contribution >= 4 is 29.0 Å². The Morgan fingerprint density at radius 3 is 2.75 bits per heavy atom. The van der Waals surface area contributed by atoms with Crippen LogP contribution in [-0.4, -0.2) is 22.2 Å². The number of carbonyl (C=O) groups is 1. The van der Waals surface area contributed by atoms with Crippen molar-refractivity contribution < 1.29 is 9.53 Å². The van der Waals surface area contributed by atoms with Crippen LogP contribution in [0.25, 0.3) is 0 Å². The fraction of sp³-hybridized carbons (Fsp3) is 0.273. The first-order valence-corrected chi connectivity index (χ1v) is 11.0. The zero-order chi connectivity index (χ0) is 19.4. The largest absolute Gasteiger partial charge is 0.487 e. The fourth-order valence-corrected chi connectivity index (χ4v) is 4.74. The van der Waals surface area contributed by atoms with Crippen LogP contribution in [0.15, 0.2) is 64.9 Å². The molecule has 1 aliphatic rings. The molecule has 6 heteroatoms. The number of thioether (sulfide) groups is 1. The molecule has 0 aliphatic heterocycles. The van der Waals surface area contributed by atoms with Gasteiger partial charge in [0.1, 0.15) is 12.4 Å². The van der Waals surface area contributed by atoms with E-state index in [1.165, 1.54) is 4.90 Å². The van der Waals surface area contributed by atoms with Crippen molar-refractivity contribution in [3.05, 3.63) is 76.2 Å². The van der Waals surface area contributed by atoms with Gasteiger partial charge in [-0.05, 0) is 50.1 Å². The molecule has 0 saturated heterocycles. The monoisotopic (exact) mass is 410 g/mol.